The third kappa shape index (κ3) is 8.44. The Labute approximate surface area is 203 Å². The van der Waals surface area contributed by atoms with E-state index in [0.717, 1.165) is 18.9 Å². The summed E-state index contributed by atoms with van der Waals surface area (Å²) in [7, 11) is 0. The average molecular weight is 483 g/mol. The molecule has 0 amide bonds. The fourth-order valence-electron chi connectivity index (χ4n) is 4.34. The monoisotopic (exact) mass is 482 g/mol. The van der Waals surface area contributed by atoms with Crippen LogP contribution in [0.25, 0.3) is 0 Å². The van der Waals surface area contributed by atoms with Crippen molar-refractivity contribution in [2.45, 2.75) is 86.7 Å². The molecule has 1 rings (SSSR count). The highest BCUT2D eigenvalue weighted by molar-refractivity contribution is 5.82. The smallest absolute Gasteiger partial charge is 0.330 e. The molecular weight excluding hydrogens is 440 g/mol. The predicted octanol–water partition coefficient (Wildman–Crippen LogP) is 4.55. The molecule has 1 N–H and O–H groups in total. The number of esters is 3. The molecular formula is C26H42O8. The molecule has 0 aromatic heterocycles. The maximum atomic E-state index is 13.3. The first kappa shape index (κ1) is 29.7. The van der Waals surface area contributed by atoms with Gasteiger partial charge in [-0.05, 0) is 37.0 Å². The van der Waals surface area contributed by atoms with Gasteiger partial charge in [0, 0.05) is 6.08 Å². The Hall–Kier alpha value is -2.38. The van der Waals surface area contributed by atoms with Crippen molar-refractivity contribution in [3.8, 4) is 0 Å². The molecule has 1 aliphatic rings. The predicted molar refractivity (Wildman–Crippen MR) is 127 cm³/mol. The van der Waals surface area contributed by atoms with Crippen molar-refractivity contribution in [3.63, 3.8) is 0 Å². The minimum absolute atomic E-state index is 0.140. The maximum Gasteiger partial charge on any atom is 0.330 e. The van der Waals surface area contributed by atoms with Crippen LogP contribution in [0.3, 0.4) is 0 Å². The zero-order valence-electron chi connectivity index (χ0n) is 21.8. The summed E-state index contributed by atoms with van der Waals surface area (Å²) in [5.74, 6) is -4.48. The molecule has 0 aromatic rings. The largest absolute Gasteiger partial charge is 0.481 e. The summed E-state index contributed by atoms with van der Waals surface area (Å²) in [6.07, 6.45) is 2.76. The first-order valence-electron chi connectivity index (χ1n) is 11.9. The molecule has 4 atom stereocenters. The molecule has 0 spiro atoms. The Morgan fingerprint density at radius 3 is 1.94 bits per heavy atom. The van der Waals surface area contributed by atoms with Crippen molar-refractivity contribution >= 4 is 23.9 Å². The lowest BCUT2D eigenvalue weighted by molar-refractivity contribution is -0.179. The molecule has 0 saturated heterocycles. The number of hydrogen-bond donors (Lipinski definition) is 1. The van der Waals surface area contributed by atoms with Crippen molar-refractivity contribution in [2.75, 3.05) is 13.2 Å². The Morgan fingerprint density at radius 2 is 1.47 bits per heavy atom. The molecule has 0 aromatic carbocycles. The van der Waals surface area contributed by atoms with E-state index in [0.29, 0.717) is 19.3 Å². The molecule has 0 aliphatic heterocycles. The first-order valence-corrected chi connectivity index (χ1v) is 11.9. The van der Waals surface area contributed by atoms with E-state index in [1.807, 2.05) is 48.5 Å². The topological polar surface area (TPSA) is 116 Å². The highest BCUT2D eigenvalue weighted by Gasteiger charge is 2.48. The normalized spacial score (nSPS) is 21.5. The van der Waals surface area contributed by atoms with Crippen LogP contribution < -0.4 is 0 Å². The van der Waals surface area contributed by atoms with Crippen LogP contribution in [0.5, 0.6) is 0 Å². The second-order valence-electron chi connectivity index (χ2n) is 11.6. The van der Waals surface area contributed by atoms with Gasteiger partial charge in [0.2, 0.25) is 0 Å². The number of carboxylic acids is 1. The van der Waals surface area contributed by atoms with E-state index in [-0.39, 0.29) is 18.6 Å². The third-order valence-corrected chi connectivity index (χ3v) is 6.64. The number of carbonyl (C=O) groups excluding carboxylic acids is 3. The van der Waals surface area contributed by atoms with Gasteiger partial charge >= 0.3 is 23.9 Å². The quantitative estimate of drug-likeness (QED) is 0.274. The Balaban J connectivity index is 3.00. The van der Waals surface area contributed by atoms with Gasteiger partial charge in [0.25, 0.3) is 0 Å². The Kier molecular flexibility index (Phi) is 10.3. The van der Waals surface area contributed by atoms with Crippen molar-refractivity contribution in [1.82, 2.24) is 0 Å². The molecule has 1 saturated carbocycles. The number of carbonyl (C=O) groups is 4. The molecule has 34 heavy (non-hydrogen) atoms. The van der Waals surface area contributed by atoms with Crippen LogP contribution in [0.1, 0.15) is 80.6 Å². The van der Waals surface area contributed by atoms with E-state index in [1.165, 1.54) is 0 Å². The molecule has 194 valence electrons. The van der Waals surface area contributed by atoms with E-state index in [4.69, 9.17) is 14.2 Å². The number of hydrogen-bond acceptors (Lipinski definition) is 7. The summed E-state index contributed by atoms with van der Waals surface area (Å²) in [5.41, 5.74) is -1.37. The summed E-state index contributed by atoms with van der Waals surface area (Å²) in [6, 6.07) is 0. The molecule has 4 unspecified atom stereocenters. The van der Waals surface area contributed by atoms with Gasteiger partial charge in [-0.15, -0.1) is 0 Å². The SMILES string of the molecule is C=CC(=O)OCC(COC(=O)C(C)(CC(C)(C)C)C(C)(C)C)OC(=O)C1CCCCC1C(=O)O. The summed E-state index contributed by atoms with van der Waals surface area (Å²) < 4.78 is 16.2. The van der Waals surface area contributed by atoms with Crippen LogP contribution in [0.4, 0.5) is 0 Å². The van der Waals surface area contributed by atoms with Crippen LogP contribution in [-0.2, 0) is 33.4 Å². The van der Waals surface area contributed by atoms with E-state index in [2.05, 4.69) is 6.58 Å². The van der Waals surface area contributed by atoms with Gasteiger partial charge in [0.05, 0.1) is 17.3 Å². The van der Waals surface area contributed by atoms with Gasteiger partial charge in [-0.3, -0.25) is 14.4 Å². The van der Waals surface area contributed by atoms with Crippen LogP contribution in [0.15, 0.2) is 12.7 Å². The van der Waals surface area contributed by atoms with E-state index in [1.54, 1.807) is 0 Å². The zero-order valence-corrected chi connectivity index (χ0v) is 21.8. The summed E-state index contributed by atoms with van der Waals surface area (Å²) >= 11 is 0. The van der Waals surface area contributed by atoms with E-state index >= 15 is 0 Å². The van der Waals surface area contributed by atoms with Gasteiger partial charge in [0.1, 0.15) is 13.2 Å². The van der Waals surface area contributed by atoms with Crippen LogP contribution in [-0.4, -0.2) is 48.3 Å². The summed E-state index contributed by atoms with van der Waals surface area (Å²) in [5, 5.41) is 9.48. The second kappa shape index (κ2) is 11.8. The van der Waals surface area contributed by atoms with Crippen molar-refractivity contribution < 1.29 is 38.5 Å². The zero-order chi connectivity index (χ0) is 26.3. The second-order valence-corrected chi connectivity index (χ2v) is 11.6. The molecule has 0 radical (unpaired) electrons. The lowest BCUT2D eigenvalue weighted by atomic mass is 9.61. The van der Waals surface area contributed by atoms with Crippen molar-refractivity contribution in [3.05, 3.63) is 12.7 Å². The molecule has 0 heterocycles. The van der Waals surface area contributed by atoms with Crippen molar-refractivity contribution in [2.24, 2.45) is 28.1 Å². The van der Waals surface area contributed by atoms with Crippen molar-refractivity contribution in [1.29, 1.82) is 0 Å². The fourth-order valence-corrected chi connectivity index (χ4v) is 4.34. The minimum Gasteiger partial charge on any atom is -0.481 e. The van der Waals surface area contributed by atoms with Gasteiger partial charge in [-0.1, -0.05) is 61.0 Å². The minimum atomic E-state index is -1.06. The Morgan fingerprint density at radius 1 is 0.941 bits per heavy atom. The molecule has 1 aliphatic carbocycles. The average Bonchev–Trinajstić information content (AvgIpc) is 2.72. The number of carboxylic acid groups (broad SMARTS) is 1. The highest BCUT2D eigenvalue weighted by atomic mass is 16.6. The van der Waals surface area contributed by atoms with Crippen LogP contribution in [0, 0.1) is 28.1 Å². The summed E-state index contributed by atoms with van der Waals surface area (Å²) in [4.78, 5) is 49.2. The van der Waals surface area contributed by atoms with E-state index < -0.39 is 52.6 Å². The molecule has 1 fully saturated rings. The van der Waals surface area contributed by atoms with E-state index in [9.17, 15) is 24.3 Å². The van der Waals surface area contributed by atoms with Gasteiger partial charge in [0.15, 0.2) is 6.10 Å². The maximum absolute atomic E-state index is 13.3. The lowest BCUT2D eigenvalue weighted by Crippen LogP contribution is -2.45. The first-order chi connectivity index (χ1) is 15.5. The van der Waals surface area contributed by atoms with Gasteiger partial charge < -0.3 is 19.3 Å². The highest BCUT2D eigenvalue weighted by Crippen LogP contribution is 2.47. The molecule has 8 nitrogen and oxygen atoms in total. The molecule has 8 heteroatoms. The Bertz CT molecular complexity index is 758. The number of ether oxygens (including phenoxy) is 3. The number of rotatable bonds is 10. The number of aliphatic carboxylic acids is 1. The van der Waals surface area contributed by atoms with Crippen LogP contribution >= 0.6 is 0 Å². The van der Waals surface area contributed by atoms with Crippen LogP contribution in [0.2, 0.25) is 0 Å². The van der Waals surface area contributed by atoms with Gasteiger partial charge in [-0.25, -0.2) is 4.79 Å². The lowest BCUT2D eigenvalue weighted by Gasteiger charge is -2.43. The summed E-state index contributed by atoms with van der Waals surface area (Å²) in [6.45, 7) is 16.6. The molecule has 0 bridgehead atoms. The standard InChI is InChI=1S/C26H42O8/c1-9-20(27)32-14-17(34-22(30)19-13-11-10-12-18(19)21(28)29)15-33-23(31)26(8,25(5,6)7)16-24(2,3)4/h9,17-19H,1,10-16H2,2-8H3,(H,28,29). The third-order valence-electron chi connectivity index (χ3n) is 6.64. The fraction of sp³-hybridized carbons (Fsp3) is 0.769. The van der Waals surface area contributed by atoms with Gasteiger partial charge in [-0.2, -0.15) is 0 Å².